The van der Waals surface area contributed by atoms with Gasteiger partial charge in [0, 0.05) is 10.9 Å². The van der Waals surface area contributed by atoms with Crippen LogP contribution in [0.2, 0.25) is 0 Å². The van der Waals surface area contributed by atoms with Gasteiger partial charge in [-0.1, -0.05) is 18.2 Å². The van der Waals surface area contributed by atoms with E-state index in [0.29, 0.717) is 23.8 Å². The molecular formula is C19H17NO4S. The average molecular weight is 355 g/mol. The van der Waals surface area contributed by atoms with Gasteiger partial charge in [0.15, 0.2) is 11.2 Å². The van der Waals surface area contributed by atoms with Crippen molar-refractivity contribution in [3.8, 4) is 0 Å². The van der Waals surface area contributed by atoms with Crippen molar-refractivity contribution in [3.63, 3.8) is 0 Å². The molecule has 3 aromatic rings. The molecule has 0 bridgehead atoms. The fourth-order valence-corrected chi connectivity index (χ4v) is 4.09. The van der Waals surface area contributed by atoms with E-state index in [0.717, 1.165) is 4.88 Å². The molecule has 1 fully saturated rings. The van der Waals surface area contributed by atoms with Gasteiger partial charge < -0.3 is 14.8 Å². The van der Waals surface area contributed by atoms with E-state index in [4.69, 9.17) is 4.42 Å². The molecule has 1 amide bonds. The number of amides is 1. The summed E-state index contributed by atoms with van der Waals surface area (Å²) in [5.41, 5.74) is 0.158. The van der Waals surface area contributed by atoms with Crippen LogP contribution < -0.4 is 10.7 Å². The molecule has 1 aromatic carbocycles. The van der Waals surface area contributed by atoms with Crippen LogP contribution >= 0.6 is 11.3 Å². The summed E-state index contributed by atoms with van der Waals surface area (Å²) in [4.78, 5) is 25.9. The van der Waals surface area contributed by atoms with Gasteiger partial charge in [0.2, 0.25) is 0 Å². The summed E-state index contributed by atoms with van der Waals surface area (Å²) in [7, 11) is 0. The van der Waals surface area contributed by atoms with Crippen molar-refractivity contribution in [2.45, 2.75) is 25.0 Å². The Morgan fingerprint density at radius 1 is 1.24 bits per heavy atom. The first-order valence-electron chi connectivity index (χ1n) is 8.17. The Kier molecular flexibility index (Phi) is 4.15. The van der Waals surface area contributed by atoms with Gasteiger partial charge in [-0.25, -0.2) is 0 Å². The standard InChI is InChI=1S/C19H17NO4S/c21-12-8-11(9-12)18(17-6-3-7-25-17)20-19(23)16-10-14(22)13-4-1-2-5-15(13)24-16/h1-7,10-12,18,21H,8-9H2,(H,20,23). The van der Waals surface area contributed by atoms with Gasteiger partial charge >= 0.3 is 0 Å². The number of carbonyl (C=O) groups is 1. The van der Waals surface area contributed by atoms with Crippen molar-refractivity contribution in [1.29, 1.82) is 0 Å². The average Bonchev–Trinajstić information content (AvgIpc) is 3.11. The summed E-state index contributed by atoms with van der Waals surface area (Å²) in [5.74, 6) is -0.224. The summed E-state index contributed by atoms with van der Waals surface area (Å²) in [6.45, 7) is 0. The summed E-state index contributed by atoms with van der Waals surface area (Å²) in [6.07, 6.45) is 1.01. The van der Waals surface area contributed by atoms with Gasteiger partial charge in [-0.3, -0.25) is 9.59 Å². The van der Waals surface area contributed by atoms with E-state index >= 15 is 0 Å². The number of fused-ring (bicyclic) bond motifs is 1. The number of para-hydroxylation sites is 1. The fourth-order valence-electron chi connectivity index (χ4n) is 3.22. The minimum Gasteiger partial charge on any atom is -0.451 e. The number of carbonyl (C=O) groups excluding carboxylic acids is 1. The first kappa shape index (κ1) is 16.1. The maximum absolute atomic E-state index is 12.7. The van der Waals surface area contributed by atoms with Crippen LogP contribution in [-0.2, 0) is 0 Å². The second-order valence-electron chi connectivity index (χ2n) is 6.32. The van der Waals surface area contributed by atoms with Gasteiger partial charge in [-0.15, -0.1) is 11.3 Å². The van der Waals surface area contributed by atoms with Gasteiger partial charge in [0.25, 0.3) is 5.91 Å². The molecule has 1 atom stereocenters. The fraction of sp³-hybridized carbons (Fsp3) is 0.263. The largest absolute Gasteiger partial charge is 0.451 e. The molecule has 1 unspecified atom stereocenters. The summed E-state index contributed by atoms with van der Waals surface area (Å²) in [6, 6.07) is 11.8. The lowest BCUT2D eigenvalue weighted by Gasteiger charge is -2.37. The monoisotopic (exact) mass is 355 g/mol. The van der Waals surface area contributed by atoms with E-state index in [1.807, 2.05) is 17.5 Å². The molecule has 5 nitrogen and oxygen atoms in total. The van der Waals surface area contributed by atoms with Gasteiger partial charge in [-0.2, -0.15) is 0 Å². The van der Waals surface area contributed by atoms with Crippen LogP contribution in [0.15, 0.2) is 57.1 Å². The third kappa shape index (κ3) is 3.10. The molecular weight excluding hydrogens is 338 g/mol. The third-order valence-corrected chi connectivity index (χ3v) is 5.57. The highest BCUT2D eigenvalue weighted by molar-refractivity contribution is 7.10. The topological polar surface area (TPSA) is 79.5 Å². The van der Waals surface area contributed by atoms with Crippen molar-refractivity contribution in [3.05, 3.63) is 68.7 Å². The molecule has 1 aliphatic carbocycles. The molecule has 1 saturated carbocycles. The molecule has 128 valence electrons. The first-order chi connectivity index (χ1) is 12.1. The van der Waals surface area contributed by atoms with Crippen LogP contribution in [-0.4, -0.2) is 17.1 Å². The molecule has 4 rings (SSSR count). The van der Waals surface area contributed by atoms with E-state index in [1.165, 1.54) is 6.07 Å². The Morgan fingerprint density at radius 3 is 2.76 bits per heavy atom. The van der Waals surface area contributed by atoms with Gasteiger partial charge in [0.1, 0.15) is 5.58 Å². The van der Waals surface area contributed by atoms with Crippen molar-refractivity contribution in [2.24, 2.45) is 5.92 Å². The van der Waals surface area contributed by atoms with E-state index < -0.39 is 5.91 Å². The van der Waals surface area contributed by atoms with Crippen LogP contribution in [0.4, 0.5) is 0 Å². The summed E-state index contributed by atoms with van der Waals surface area (Å²) < 4.78 is 5.62. The number of nitrogens with one attached hydrogen (secondary N) is 1. The Balaban J connectivity index is 1.62. The zero-order valence-electron chi connectivity index (χ0n) is 13.3. The molecule has 0 spiro atoms. The smallest absolute Gasteiger partial charge is 0.287 e. The van der Waals surface area contributed by atoms with Crippen LogP contribution in [0.1, 0.15) is 34.3 Å². The van der Waals surface area contributed by atoms with Crippen molar-refractivity contribution in [1.82, 2.24) is 5.32 Å². The van der Waals surface area contributed by atoms with E-state index in [9.17, 15) is 14.7 Å². The van der Waals surface area contributed by atoms with Crippen molar-refractivity contribution in [2.75, 3.05) is 0 Å². The second-order valence-corrected chi connectivity index (χ2v) is 7.30. The summed E-state index contributed by atoms with van der Waals surface area (Å²) in [5, 5.41) is 15.0. The molecule has 1 aliphatic rings. The Labute approximate surface area is 147 Å². The highest BCUT2D eigenvalue weighted by atomic mass is 32.1. The number of hydrogen-bond donors (Lipinski definition) is 2. The highest BCUT2D eigenvalue weighted by Gasteiger charge is 2.36. The number of benzene rings is 1. The predicted molar refractivity (Wildman–Crippen MR) is 95.7 cm³/mol. The Morgan fingerprint density at radius 2 is 2.04 bits per heavy atom. The molecule has 25 heavy (non-hydrogen) atoms. The lowest BCUT2D eigenvalue weighted by atomic mass is 9.76. The van der Waals surface area contributed by atoms with Crippen molar-refractivity contribution >= 4 is 28.2 Å². The number of hydrogen-bond acceptors (Lipinski definition) is 5. The predicted octanol–water partition coefficient (Wildman–Crippen LogP) is 3.10. The van der Waals surface area contributed by atoms with Crippen LogP contribution in [0.25, 0.3) is 11.0 Å². The number of rotatable bonds is 4. The van der Waals surface area contributed by atoms with Gasteiger partial charge in [-0.05, 0) is 42.3 Å². The second kappa shape index (κ2) is 6.46. The maximum Gasteiger partial charge on any atom is 0.287 e. The van der Waals surface area contributed by atoms with Gasteiger partial charge in [0.05, 0.1) is 17.5 Å². The molecule has 2 aromatic heterocycles. The van der Waals surface area contributed by atoms with Crippen LogP contribution in [0, 0.1) is 5.92 Å². The van der Waals surface area contributed by atoms with Crippen molar-refractivity contribution < 1.29 is 14.3 Å². The number of thiophene rings is 1. The molecule has 6 heteroatoms. The number of aliphatic hydroxyl groups is 1. The van der Waals surface area contributed by atoms with E-state index in [-0.39, 0.29) is 29.3 Å². The lowest BCUT2D eigenvalue weighted by molar-refractivity contribution is 0.0238. The third-order valence-electron chi connectivity index (χ3n) is 4.62. The Bertz CT molecular complexity index is 957. The normalized spacial score (nSPS) is 20.8. The first-order valence-corrected chi connectivity index (χ1v) is 9.05. The Hall–Kier alpha value is -2.44. The highest BCUT2D eigenvalue weighted by Crippen LogP contribution is 2.39. The molecule has 0 saturated heterocycles. The number of aliphatic hydroxyl groups excluding tert-OH is 1. The quantitative estimate of drug-likeness (QED) is 0.754. The van der Waals surface area contributed by atoms with E-state index in [2.05, 4.69) is 5.32 Å². The van der Waals surface area contributed by atoms with E-state index in [1.54, 1.807) is 35.6 Å². The SMILES string of the molecule is O=C(NC(c1cccs1)C1CC(O)C1)c1cc(=O)c2ccccc2o1. The maximum atomic E-state index is 12.7. The molecule has 0 radical (unpaired) electrons. The molecule has 2 heterocycles. The van der Waals surface area contributed by atoms with Crippen LogP contribution in [0.3, 0.4) is 0 Å². The minimum atomic E-state index is -0.414. The minimum absolute atomic E-state index is 0.00475. The zero-order chi connectivity index (χ0) is 17.4. The summed E-state index contributed by atoms with van der Waals surface area (Å²) >= 11 is 1.56. The molecule has 0 aliphatic heterocycles. The zero-order valence-corrected chi connectivity index (χ0v) is 14.2. The lowest BCUT2D eigenvalue weighted by Crippen LogP contribution is -2.41. The van der Waals surface area contributed by atoms with Crippen LogP contribution in [0.5, 0.6) is 0 Å². The molecule has 2 N–H and O–H groups in total.